The smallest absolute Gasteiger partial charge is 0.139 e. The molecule has 0 saturated carbocycles. The maximum absolute atomic E-state index is 13.6. The van der Waals surface area contributed by atoms with E-state index in [-0.39, 0.29) is 5.82 Å². The summed E-state index contributed by atoms with van der Waals surface area (Å²) in [6.07, 6.45) is 4.84. The predicted octanol–water partition coefficient (Wildman–Crippen LogP) is 4.19. The Morgan fingerprint density at radius 2 is 2.17 bits per heavy atom. The minimum Gasteiger partial charge on any atom is -0.397 e. The van der Waals surface area contributed by atoms with Gasteiger partial charge in [0.25, 0.3) is 0 Å². The number of nitrogens with two attached hydrogens (primary N) is 1. The molecule has 1 saturated heterocycles. The van der Waals surface area contributed by atoms with Crippen molar-refractivity contribution in [1.82, 2.24) is 0 Å². The fourth-order valence-corrected chi connectivity index (χ4v) is 3.00. The first-order valence-corrected chi connectivity index (χ1v) is 7.40. The Bertz CT molecular complexity index is 423. The van der Waals surface area contributed by atoms with Crippen molar-refractivity contribution in [3.8, 4) is 0 Å². The molecule has 2 nitrogen and oxygen atoms in total. The molecule has 1 aromatic carbocycles. The molecule has 1 aromatic rings. The van der Waals surface area contributed by atoms with Gasteiger partial charge in [0.2, 0.25) is 0 Å². The van der Waals surface area contributed by atoms with E-state index in [2.05, 4.69) is 27.8 Å². The molecule has 4 heteroatoms. The zero-order valence-corrected chi connectivity index (χ0v) is 12.3. The zero-order valence-electron chi connectivity index (χ0n) is 10.8. The van der Waals surface area contributed by atoms with Crippen molar-refractivity contribution in [2.45, 2.75) is 32.6 Å². The molecule has 1 aliphatic heterocycles. The number of halogens is 2. The molecule has 2 rings (SSSR count). The van der Waals surface area contributed by atoms with Crippen LogP contribution in [0.2, 0.25) is 0 Å². The van der Waals surface area contributed by atoms with Crippen LogP contribution in [0.1, 0.15) is 32.6 Å². The van der Waals surface area contributed by atoms with Gasteiger partial charge in [-0.25, -0.2) is 4.39 Å². The van der Waals surface area contributed by atoms with Crippen LogP contribution in [0.15, 0.2) is 16.6 Å². The van der Waals surface area contributed by atoms with Gasteiger partial charge >= 0.3 is 0 Å². The lowest BCUT2D eigenvalue weighted by Gasteiger charge is -2.24. The van der Waals surface area contributed by atoms with Gasteiger partial charge in [0.1, 0.15) is 5.82 Å². The molecule has 0 aliphatic carbocycles. The quantitative estimate of drug-likeness (QED) is 0.829. The van der Waals surface area contributed by atoms with Gasteiger partial charge in [-0.1, -0.05) is 13.3 Å². The fourth-order valence-electron chi connectivity index (χ4n) is 2.64. The van der Waals surface area contributed by atoms with Crippen LogP contribution in [-0.2, 0) is 0 Å². The lowest BCUT2D eigenvalue weighted by atomic mass is 9.98. The summed E-state index contributed by atoms with van der Waals surface area (Å²) in [7, 11) is 0. The molecule has 0 radical (unpaired) electrons. The van der Waals surface area contributed by atoms with Gasteiger partial charge in [0.05, 0.1) is 15.8 Å². The van der Waals surface area contributed by atoms with Gasteiger partial charge in [-0.05, 0) is 47.2 Å². The predicted molar refractivity (Wildman–Crippen MR) is 78.4 cm³/mol. The molecule has 0 amide bonds. The van der Waals surface area contributed by atoms with E-state index in [0.717, 1.165) is 31.1 Å². The number of benzene rings is 1. The van der Waals surface area contributed by atoms with Crippen LogP contribution < -0.4 is 10.6 Å². The van der Waals surface area contributed by atoms with E-state index in [1.54, 1.807) is 12.1 Å². The third kappa shape index (κ3) is 2.97. The van der Waals surface area contributed by atoms with E-state index < -0.39 is 0 Å². The molecular weight excluding hydrogens is 295 g/mol. The van der Waals surface area contributed by atoms with Crippen molar-refractivity contribution in [2.24, 2.45) is 5.92 Å². The van der Waals surface area contributed by atoms with Crippen LogP contribution in [0, 0.1) is 11.7 Å². The standard InChI is InChI=1S/C14H20BrFN2/c1-2-10-4-3-6-18(7-5-10)14-9-12(16)11(15)8-13(14)17/h8-10H,2-7,17H2,1H3. The van der Waals surface area contributed by atoms with Crippen molar-refractivity contribution in [2.75, 3.05) is 23.7 Å². The summed E-state index contributed by atoms with van der Waals surface area (Å²) < 4.78 is 14.1. The molecular formula is C14H20BrFN2. The second-order valence-electron chi connectivity index (χ2n) is 5.02. The Morgan fingerprint density at radius 1 is 1.39 bits per heavy atom. The molecule has 0 bridgehead atoms. The van der Waals surface area contributed by atoms with Crippen molar-refractivity contribution in [3.05, 3.63) is 22.4 Å². The Morgan fingerprint density at radius 3 is 2.89 bits per heavy atom. The zero-order chi connectivity index (χ0) is 13.1. The highest BCUT2D eigenvalue weighted by molar-refractivity contribution is 9.10. The molecule has 2 N–H and O–H groups in total. The number of hydrogen-bond donors (Lipinski definition) is 1. The molecule has 0 spiro atoms. The van der Waals surface area contributed by atoms with Gasteiger partial charge in [-0.3, -0.25) is 0 Å². The van der Waals surface area contributed by atoms with Gasteiger partial charge in [-0.2, -0.15) is 0 Å². The summed E-state index contributed by atoms with van der Waals surface area (Å²) in [6, 6.07) is 3.21. The molecule has 18 heavy (non-hydrogen) atoms. The van der Waals surface area contributed by atoms with Gasteiger partial charge < -0.3 is 10.6 Å². The maximum atomic E-state index is 13.6. The molecule has 1 atom stereocenters. The van der Waals surface area contributed by atoms with E-state index >= 15 is 0 Å². The van der Waals surface area contributed by atoms with Gasteiger partial charge in [-0.15, -0.1) is 0 Å². The van der Waals surface area contributed by atoms with Crippen LogP contribution >= 0.6 is 15.9 Å². The first-order valence-electron chi connectivity index (χ1n) is 6.61. The van der Waals surface area contributed by atoms with Crippen LogP contribution in [0.3, 0.4) is 0 Å². The van der Waals surface area contributed by atoms with E-state index in [4.69, 9.17) is 5.73 Å². The third-order valence-corrected chi connectivity index (χ3v) is 4.44. The van der Waals surface area contributed by atoms with Crippen LogP contribution in [-0.4, -0.2) is 13.1 Å². The van der Waals surface area contributed by atoms with Crippen molar-refractivity contribution >= 4 is 27.3 Å². The van der Waals surface area contributed by atoms with Crippen molar-refractivity contribution < 1.29 is 4.39 Å². The monoisotopic (exact) mass is 314 g/mol. The SMILES string of the molecule is CCC1CCCN(c2cc(F)c(Br)cc2N)CC1. The summed E-state index contributed by atoms with van der Waals surface area (Å²) in [6.45, 7) is 4.19. The van der Waals surface area contributed by atoms with Crippen molar-refractivity contribution in [3.63, 3.8) is 0 Å². The second kappa shape index (κ2) is 5.91. The molecule has 1 aliphatic rings. The van der Waals surface area contributed by atoms with E-state index in [9.17, 15) is 4.39 Å². The largest absolute Gasteiger partial charge is 0.397 e. The number of hydrogen-bond acceptors (Lipinski definition) is 2. The van der Waals surface area contributed by atoms with Gasteiger partial charge in [0, 0.05) is 19.2 Å². The average Bonchev–Trinajstić information content (AvgIpc) is 2.59. The van der Waals surface area contributed by atoms with Crippen molar-refractivity contribution in [1.29, 1.82) is 0 Å². The third-order valence-electron chi connectivity index (χ3n) is 3.84. The van der Waals surface area contributed by atoms with E-state index in [1.165, 1.54) is 19.3 Å². The molecule has 1 fully saturated rings. The minimum absolute atomic E-state index is 0.240. The Hall–Kier alpha value is -0.770. The Kier molecular flexibility index (Phi) is 4.49. The lowest BCUT2D eigenvalue weighted by molar-refractivity contribution is 0.459. The molecule has 100 valence electrons. The van der Waals surface area contributed by atoms with E-state index in [1.807, 2.05) is 0 Å². The summed E-state index contributed by atoms with van der Waals surface area (Å²) in [5.41, 5.74) is 7.49. The summed E-state index contributed by atoms with van der Waals surface area (Å²) >= 11 is 3.17. The highest BCUT2D eigenvalue weighted by Crippen LogP contribution is 2.32. The van der Waals surface area contributed by atoms with Crippen LogP contribution in [0.5, 0.6) is 0 Å². The summed E-state index contributed by atoms with van der Waals surface area (Å²) in [4.78, 5) is 2.22. The number of nitrogens with zero attached hydrogens (tertiary/aromatic N) is 1. The highest BCUT2D eigenvalue weighted by atomic mass is 79.9. The fraction of sp³-hybridized carbons (Fsp3) is 0.571. The summed E-state index contributed by atoms with van der Waals surface area (Å²) in [5.74, 6) is 0.562. The highest BCUT2D eigenvalue weighted by Gasteiger charge is 2.18. The number of anilines is 2. The molecule has 1 heterocycles. The summed E-state index contributed by atoms with van der Waals surface area (Å²) in [5, 5.41) is 0. The number of rotatable bonds is 2. The Labute approximate surface area is 116 Å². The normalized spacial score (nSPS) is 20.8. The minimum atomic E-state index is -0.240. The van der Waals surface area contributed by atoms with Gasteiger partial charge in [0.15, 0.2) is 0 Å². The van der Waals surface area contributed by atoms with Crippen LogP contribution in [0.4, 0.5) is 15.8 Å². The molecule has 1 unspecified atom stereocenters. The first kappa shape index (κ1) is 13.7. The first-order chi connectivity index (χ1) is 8.61. The maximum Gasteiger partial charge on any atom is 0.139 e. The van der Waals surface area contributed by atoms with E-state index in [0.29, 0.717) is 10.2 Å². The Balaban J connectivity index is 2.18. The second-order valence-corrected chi connectivity index (χ2v) is 5.87. The lowest BCUT2D eigenvalue weighted by Crippen LogP contribution is -2.25. The number of nitrogen functional groups attached to an aromatic ring is 1. The molecule has 0 aromatic heterocycles. The average molecular weight is 315 g/mol. The topological polar surface area (TPSA) is 29.3 Å². The van der Waals surface area contributed by atoms with Crippen LogP contribution in [0.25, 0.3) is 0 Å².